The summed E-state index contributed by atoms with van der Waals surface area (Å²) in [7, 11) is 0. The molecule has 0 radical (unpaired) electrons. The van der Waals surface area contributed by atoms with E-state index in [1.54, 1.807) is 0 Å². The fourth-order valence-corrected chi connectivity index (χ4v) is 2.22. The molecule has 15 heavy (non-hydrogen) atoms. The summed E-state index contributed by atoms with van der Waals surface area (Å²) in [5, 5.41) is 10.5. The minimum absolute atomic E-state index is 0.687. The molecule has 0 spiro atoms. The monoisotopic (exact) mass is 208 g/mol. The maximum absolute atomic E-state index is 3.99. The zero-order valence-corrected chi connectivity index (χ0v) is 9.37. The maximum atomic E-state index is 3.99. The van der Waals surface area contributed by atoms with Gasteiger partial charge in [0.15, 0.2) is 0 Å². The molecule has 0 bridgehead atoms. The van der Waals surface area contributed by atoms with Crippen molar-refractivity contribution < 1.29 is 0 Å². The SMILES string of the molecule is CCCC1CNCCN1Cc1ccn[nH]1. The quantitative estimate of drug-likeness (QED) is 0.775. The van der Waals surface area contributed by atoms with E-state index in [1.165, 1.54) is 18.5 Å². The number of nitrogens with one attached hydrogen (secondary N) is 2. The third kappa shape index (κ3) is 2.79. The van der Waals surface area contributed by atoms with Crippen molar-refractivity contribution in [2.24, 2.45) is 0 Å². The van der Waals surface area contributed by atoms with Gasteiger partial charge in [-0.2, -0.15) is 5.10 Å². The lowest BCUT2D eigenvalue weighted by Gasteiger charge is -2.35. The van der Waals surface area contributed by atoms with Crippen LogP contribution in [0.3, 0.4) is 0 Å². The number of nitrogens with zero attached hydrogens (tertiary/aromatic N) is 2. The summed E-state index contributed by atoms with van der Waals surface area (Å²) in [6.07, 6.45) is 4.36. The number of aromatic nitrogens is 2. The molecule has 4 nitrogen and oxygen atoms in total. The van der Waals surface area contributed by atoms with Crippen molar-refractivity contribution in [1.29, 1.82) is 0 Å². The molecule has 1 fully saturated rings. The molecule has 1 aromatic rings. The van der Waals surface area contributed by atoms with Crippen molar-refractivity contribution in [2.75, 3.05) is 19.6 Å². The highest BCUT2D eigenvalue weighted by Gasteiger charge is 2.21. The number of piperazine rings is 1. The summed E-state index contributed by atoms with van der Waals surface area (Å²) in [4.78, 5) is 2.55. The van der Waals surface area contributed by atoms with Crippen LogP contribution in [-0.2, 0) is 6.54 Å². The standard InChI is InChI=1S/C11H20N4/c1-2-3-11-8-12-6-7-15(11)9-10-4-5-13-14-10/h4-5,11-12H,2-3,6-9H2,1H3,(H,13,14). The van der Waals surface area contributed by atoms with E-state index in [-0.39, 0.29) is 0 Å². The highest BCUT2D eigenvalue weighted by Crippen LogP contribution is 2.12. The first-order valence-electron chi connectivity index (χ1n) is 5.83. The average Bonchev–Trinajstić information content (AvgIpc) is 2.74. The van der Waals surface area contributed by atoms with Gasteiger partial charge >= 0.3 is 0 Å². The van der Waals surface area contributed by atoms with E-state index in [1.807, 2.05) is 6.20 Å². The Hall–Kier alpha value is -0.870. The molecule has 2 rings (SSSR count). The smallest absolute Gasteiger partial charge is 0.0492 e. The van der Waals surface area contributed by atoms with Gasteiger partial charge in [0, 0.05) is 44.1 Å². The zero-order valence-electron chi connectivity index (χ0n) is 9.37. The Morgan fingerprint density at radius 2 is 2.53 bits per heavy atom. The number of aromatic amines is 1. The van der Waals surface area contributed by atoms with E-state index in [4.69, 9.17) is 0 Å². The highest BCUT2D eigenvalue weighted by molar-refractivity contribution is 4.98. The van der Waals surface area contributed by atoms with Crippen LogP contribution in [0.4, 0.5) is 0 Å². The lowest BCUT2D eigenvalue weighted by molar-refractivity contribution is 0.142. The Morgan fingerprint density at radius 3 is 3.27 bits per heavy atom. The molecule has 1 aliphatic rings. The van der Waals surface area contributed by atoms with E-state index in [2.05, 4.69) is 33.4 Å². The Balaban J connectivity index is 1.92. The lowest BCUT2D eigenvalue weighted by Crippen LogP contribution is -2.50. The van der Waals surface area contributed by atoms with Crippen LogP contribution in [0.1, 0.15) is 25.5 Å². The van der Waals surface area contributed by atoms with Crippen LogP contribution in [0.25, 0.3) is 0 Å². The molecule has 1 saturated heterocycles. The number of hydrogen-bond acceptors (Lipinski definition) is 3. The second-order valence-corrected chi connectivity index (χ2v) is 4.20. The molecular formula is C11H20N4. The second kappa shape index (κ2) is 5.28. The first-order valence-corrected chi connectivity index (χ1v) is 5.83. The van der Waals surface area contributed by atoms with E-state index < -0.39 is 0 Å². The van der Waals surface area contributed by atoms with Gasteiger partial charge in [-0.3, -0.25) is 10.00 Å². The molecular weight excluding hydrogens is 188 g/mol. The van der Waals surface area contributed by atoms with E-state index in [9.17, 15) is 0 Å². The molecule has 1 aliphatic heterocycles. The van der Waals surface area contributed by atoms with Crippen molar-refractivity contribution >= 4 is 0 Å². The summed E-state index contributed by atoms with van der Waals surface area (Å²) in [6, 6.07) is 2.75. The predicted octanol–water partition coefficient (Wildman–Crippen LogP) is 0.984. The van der Waals surface area contributed by atoms with Gasteiger partial charge in [-0.15, -0.1) is 0 Å². The molecule has 1 atom stereocenters. The van der Waals surface area contributed by atoms with Gasteiger partial charge in [0.2, 0.25) is 0 Å². The number of hydrogen-bond donors (Lipinski definition) is 2. The molecule has 1 unspecified atom stereocenters. The molecule has 0 saturated carbocycles. The summed E-state index contributed by atoms with van der Waals surface area (Å²) in [5.74, 6) is 0. The predicted molar refractivity (Wildman–Crippen MR) is 60.6 cm³/mol. The minimum Gasteiger partial charge on any atom is -0.314 e. The molecule has 84 valence electrons. The number of rotatable bonds is 4. The van der Waals surface area contributed by atoms with Crippen LogP contribution in [0.15, 0.2) is 12.3 Å². The van der Waals surface area contributed by atoms with Crippen molar-refractivity contribution in [1.82, 2.24) is 20.4 Å². The van der Waals surface area contributed by atoms with E-state index in [0.717, 1.165) is 26.2 Å². The molecule has 0 aromatic carbocycles. The van der Waals surface area contributed by atoms with Crippen LogP contribution < -0.4 is 5.32 Å². The lowest BCUT2D eigenvalue weighted by atomic mass is 10.1. The molecule has 2 heterocycles. The third-order valence-corrected chi connectivity index (χ3v) is 3.03. The Morgan fingerprint density at radius 1 is 1.60 bits per heavy atom. The fourth-order valence-electron chi connectivity index (χ4n) is 2.22. The van der Waals surface area contributed by atoms with Crippen molar-refractivity contribution in [3.05, 3.63) is 18.0 Å². The normalized spacial score (nSPS) is 23.1. The van der Waals surface area contributed by atoms with Gasteiger partial charge in [-0.25, -0.2) is 0 Å². The highest BCUT2D eigenvalue weighted by atomic mass is 15.2. The first kappa shape index (κ1) is 10.6. The minimum atomic E-state index is 0.687. The van der Waals surface area contributed by atoms with Gasteiger partial charge in [-0.1, -0.05) is 13.3 Å². The third-order valence-electron chi connectivity index (χ3n) is 3.03. The Labute approximate surface area is 91.1 Å². The van der Waals surface area contributed by atoms with Gasteiger partial charge < -0.3 is 5.32 Å². The first-order chi connectivity index (χ1) is 7.40. The average molecular weight is 208 g/mol. The summed E-state index contributed by atoms with van der Waals surface area (Å²) in [5.41, 5.74) is 1.22. The van der Waals surface area contributed by atoms with E-state index in [0.29, 0.717) is 6.04 Å². The van der Waals surface area contributed by atoms with Crippen molar-refractivity contribution in [3.8, 4) is 0 Å². The Bertz CT molecular complexity index is 268. The van der Waals surface area contributed by atoms with E-state index >= 15 is 0 Å². The summed E-state index contributed by atoms with van der Waals surface area (Å²) >= 11 is 0. The van der Waals surface area contributed by atoms with Crippen LogP contribution in [0, 0.1) is 0 Å². The maximum Gasteiger partial charge on any atom is 0.0492 e. The van der Waals surface area contributed by atoms with Crippen LogP contribution in [0.5, 0.6) is 0 Å². The zero-order chi connectivity index (χ0) is 10.5. The summed E-state index contributed by atoms with van der Waals surface area (Å²) < 4.78 is 0. The molecule has 4 heteroatoms. The largest absolute Gasteiger partial charge is 0.314 e. The second-order valence-electron chi connectivity index (χ2n) is 4.20. The van der Waals surface area contributed by atoms with Crippen LogP contribution >= 0.6 is 0 Å². The van der Waals surface area contributed by atoms with Gasteiger partial charge in [0.25, 0.3) is 0 Å². The molecule has 0 amide bonds. The Kier molecular flexibility index (Phi) is 3.75. The van der Waals surface area contributed by atoms with Crippen LogP contribution in [-0.4, -0.2) is 40.8 Å². The van der Waals surface area contributed by atoms with Crippen LogP contribution in [0.2, 0.25) is 0 Å². The topological polar surface area (TPSA) is 44.0 Å². The van der Waals surface area contributed by atoms with Gasteiger partial charge in [0.05, 0.1) is 0 Å². The molecule has 2 N–H and O–H groups in total. The number of H-pyrrole nitrogens is 1. The van der Waals surface area contributed by atoms with Crippen molar-refractivity contribution in [2.45, 2.75) is 32.4 Å². The van der Waals surface area contributed by atoms with Gasteiger partial charge in [-0.05, 0) is 12.5 Å². The van der Waals surface area contributed by atoms with Crippen molar-refractivity contribution in [3.63, 3.8) is 0 Å². The van der Waals surface area contributed by atoms with Gasteiger partial charge in [0.1, 0.15) is 0 Å². The summed E-state index contributed by atoms with van der Waals surface area (Å²) in [6.45, 7) is 6.63. The fraction of sp³-hybridized carbons (Fsp3) is 0.727. The molecule has 0 aliphatic carbocycles. The molecule has 1 aromatic heterocycles.